The van der Waals surface area contributed by atoms with Crippen LogP contribution >= 0.6 is 0 Å². The Labute approximate surface area is 154 Å². The molecule has 2 bridgehead atoms. The number of hydrogen-bond acceptors (Lipinski definition) is 1. The maximum atomic E-state index is 13.9. The van der Waals surface area contributed by atoms with Crippen molar-refractivity contribution < 1.29 is 13.6 Å². The Hall–Kier alpha value is -1.91. The summed E-state index contributed by atoms with van der Waals surface area (Å²) in [6.45, 7) is 9.87. The summed E-state index contributed by atoms with van der Waals surface area (Å²) in [7, 11) is 0. The number of rotatable bonds is 5. The zero-order valence-electron chi connectivity index (χ0n) is 16.0. The van der Waals surface area contributed by atoms with E-state index >= 15 is 0 Å². The van der Waals surface area contributed by atoms with Gasteiger partial charge < -0.3 is 10.2 Å². The quantitative estimate of drug-likeness (QED) is 0.694. The van der Waals surface area contributed by atoms with Gasteiger partial charge >= 0.3 is 6.03 Å². The van der Waals surface area contributed by atoms with Crippen LogP contribution in [0.2, 0.25) is 0 Å². The Morgan fingerprint density at radius 1 is 1.35 bits per heavy atom. The van der Waals surface area contributed by atoms with Crippen LogP contribution in [-0.4, -0.2) is 24.0 Å². The van der Waals surface area contributed by atoms with E-state index in [0.29, 0.717) is 30.3 Å². The number of nitrogens with zero attached hydrogens (tertiary/aromatic N) is 1. The third kappa shape index (κ3) is 3.62. The predicted molar refractivity (Wildman–Crippen MR) is 99.9 cm³/mol. The molecule has 0 aromatic heterocycles. The molecular weight excluding hydrogens is 334 g/mol. The molecule has 1 fully saturated rings. The minimum absolute atomic E-state index is 0.00631. The number of allylic oxidation sites excluding steroid dienone is 1. The fraction of sp³-hybridized carbons (Fsp3) is 0.571. The SMILES string of the molecule is CC(C)CN(CC1=CCC2CC1C2(C)C)C(=O)Nc1ccc(F)cc1F. The van der Waals surface area contributed by atoms with Crippen LogP contribution in [0.25, 0.3) is 0 Å². The molecule has 3 nitrogen and oxygen atoms in total. The normalized spacial score (nSPS) is 23.3. The second kappa shape index (κ2) is 7.01. The van der Waals surface area contributed by atoms with Crippen LogP contribution in [0, 0.1) is 34.8 Å². The summed E-state index contributed by atoms with van der Waals surface area (Å²) in [5.74, 6) is 0.143. The van der Waals surface area contributed by atoms with Gasteiger partial charge in [-0.15, -0.1) is 0 Å². The van der Waals surface area contributed by atoms with Crippen molar-refractivity contribution in [2.45, 2.75) is 40.5 Å². The summed E-state index contributed by atoms with van der Waals surface area (Å²) in [6, 6.07) is 2.84. The molecule has 2 amide bonds. The zero-order chi connectivity index (χ0) is 19.1. The average Bonchev–Trinajstić information content (AvgIpc) is 2.56. The number of halogens is 2. The molecule has 2 atom stereocenters. The Morgan fingerprint density at radius 3 is 2.65 bits per heavy atom. The van der Waals surface area contributed by atoms with Gasteiger partial charge in [0.25, 0.3) is 0 Å². The first-order chi connectivity index (χ1) is 12.2. The molecule has 1 saturated carbocycles. The van der Waals surface area contributed by atoms with Crippen molar-refractivity contribution in [3.05, 3.63) is 41.5 Å². The van der Waals surface area contributed by atoms with Crippen LogP contribution in [0.15, 0.2) is 29.8 Å². The molecule has 1 aromatic carbocycles. The van der Waals surface area contributed by atoms with Gasteiger partial charge in [-0.05, 0) is 48.1 Å². The molecule has 0 heterocycles. The first kappa shape index (κ1) is 18.9. The van der Waals surface area contributed by atoms with Gasteiger partial charge in [0, 0.05) is 19.2 Å². The Kier molecular flexibility index (Phi) is 5.09. The number of benzene rings is 1. The lowest BCUT2D eigenvalue weighted by molar-refractivity contribution is -0.00968. The number of nitrogens with one attached hydrogen (secondary N) is 1. The van der Waals surface area contributed by atoms with Crippen molar-refractivity contribution in [1.82, 2.24) is 4.90 Å². The number of hydrogen-bond donors (Lipinski definition) is 1. The number of urea groups is 1. The number of carbonyl (C=O) groups is 1. The summed E-state index contributed by atoms with van der Waals surface area (Å²) in [5, 5.41) is 2.60. The molecule has 0 aliphatic heterocycles. The summed E-state index contributed by atoms with van der Waals surface area (Å²) in [6.07, 6.45) is 4.55. The minimum Gasteiger partial charge on any atom is -0.320 e. The third-order valence-electron chi connectivity index (χ3n) is 6.00. The fourth-order valence-electron chi connectivity index (χ4n) is 4.32. The maximum absolute atomic E-state index is 13.9. The fourth-order valence-corrected chi connectivity index (χ4v) is 4.32. The van der Waals surface area contributed by atoms with Crippen LogP contribution in [0.3, 0.4) is 0 Å². The summed E-state index contributed by atoms with van der Waals surface area (Å²) in [4.78, 5) is 14.5. The Bertz CT molecular complexity index is 727. The lowest BCUT2D eigenvalue weighted by Gasteiger charge is -2.57. The molecule has 3 aliphatic carbocycles. The molecule has 1 aromatic rings. The first-order valence-corrected chi connectivity index (χ1v) is 9.38. The van der Waals surface area contributed by atoms with Gasteiger partial charge in [0.15, 0.2) is 0 Å². The van der Waals surface area contributed by atoms with E-state index in [1.165, 1.54) is 18.1 Å². The van der Waals surface area contributed by atoms with E-state index in [2.05, 4.69) is 39.1 Å². The minimum atomic E-state index is -0.761. The molecular formula is C21H28F2N2O. The second-order valence-corrected chi connectivity index (χ2v) is 8.65. The lowest BCUT2D eigenvalue weighted by atomic mass is 9.49. The number of fused-ring (bicyclic) bond motifs is 1. The average molecular weight is 362 g/mol. The monoisotopic (exact) mass is 362 g/mol. The van der Waals surface area contributed by atoms with Crippen LogP contribution in [0.4, 0.5) is 19.3 Å². The zero-order valence-corrected chi connectivity index (χ0v) is 16.0. The largest absolute Gasteiger partial charge is 0.322 e. The molecule has 1 N–H and O–H groups in total. The van der Waals surface area contributed by atoms with Crippen molar-refractivity contribution >= 4 is 11.7 Å². The highest BCUT2D eigenvalue weighted by Gasteiger charge is 2.51. The van der Waals surface area contributed by atoms with Gasteiger partial charge in [-0.2, -0.15) is 0 Å². The molecule has 0 spiro atoms. The van der Waals surface area contributed by atoms with E-state index in [1.807, 2.05) is 0 Å². The van der Waals surface area contributed by atoms with E-state index in [1.54, 1.807) is 4.90 Å². The van der Waals surface area contributed by atoms with Crippen LogP contribution < -0.4 is 5.32 Å². The number of anilines is 1. The molecule has 4 rings (SSSR count). The molecule has 26 heavy (non-hydrogen) atoms. The number of carbonyl (C=O) groups excluding carboxylic acids is 1. The van der Waals surface area contributed by atoms with E-state index < -0.39 is 11.6 Å². The van der Waals surface area contributed by atoms with Crippen molar-refractivity contribution in [1.29, 1.82) is 0 Å². The smallest absolute Gasteiger partial charge is 0.320 e. The van der Waals surface area contributed by atoms with E-state index in [-0.39, 0.29) is 11.7 Å². The maximum Gasteiger partial charge on any atom is 0.322 e. The molecule has 0 radical (unpaired) electrons. The summed E-state index contributed by atoms with van der Waals surface area (Å²) < 4.78 is 27.0. The van der Waals surface area contributed by atoms with Crippen LogP contribution in [0.5, 0.6) is 0 Å². The van der Waals surface area contributed by atoms with Crippen molar-refractivity contribution in [2.24, 2.45) is 23.2 Å². The predicted octanol–water partition coefficient (Wildman–Crippen LogP) is 5.45. The van der Waals surface area contributed by atoms with Crippen molar-refractivity contribution in [3.8, 4) is 0 Å². The van der Waals surface area contributed by atoms with Gasteiger partial charge in [0.2, 0.25) is 0 Å². The van der Waals surface area contributed by atoms with Gasteiger partial charge in [-0.3, -0.25) is 0 Å². The summed E-state index contributed by atoms with van der Waals surface area (Å²) >= 11 is 0. The van der Waals surface area contributed by atoms with Crippen molar-refractivity contribution in [2.75, 3.05) is 18.4 Å². The van der Waals surface area contributed by atoms with Gasteiger partial charge in [0.05, 0.1) is 5.69 Å². The highest BCUT2D eigenvalue weighted by Crippen LogP contribution is 2.59. The van der Waals surface area contributed by atoms with Gasteiger partial charge in [-0.1, -0.05) is 39.3 Å². The van der Waals surface area contributed by atoms with Crippen LogP contribution in [0.1, 0.15) is 40.5 Å². The molecule has 3 aliphatic rings. The summed E-state index contributed by atoms with van der Waals surface area (Å²) in [5.41, 5.74) is 1.62. The first-order valence-electron chi connectivity index (χ1n) is 9.38. The Morgan fingerprint density at radius 2 is 2.08 bits per heavy atom. The lowest BCUT2D eigenvalue weighted by Crippen LogP contribution is -2.51. The Balaban J connectivity index is 1.73. The van der Waals surface area contributed by atoms with E-state index in [0.717, 1.165) is 24.5 Å². The molecule has 0 saturated heterocycles. The second-order valence-electron chi connectivity index (χ2n) is 8.65. The van der Waals surface area contributed by atoms with Gasteiger partial charge in [-0.25, -0.2) is 13.6 Å². The third-order valence-corrected chi connectivity index (χ3v) is 6.00. The highest BCUT2D eigenvalue weighted by atomic mass is 19.1. The van der Waals surface area contributed by atoms with E-state index in [9.17, 15) is 13.6 Å². The van der Waals surface area contributed by atoms with Crippen LogP contribution in [-0.2, 0) is 0 Å². The molecule has 142 valence electrons. The van der Waals surface area contributed by atoms with Crippen molar-refractivity contribution in [3.63, 3.8) is 0 Å². The highest BCUT2D eigenvalue weighted by molar-refractivity contribution is 5.89. The van der Waals surface area contributed by atoms with E-state index in [4.69, 9.17) is 0 Å². The topological polar surface area (TPSA) is 32.3 Å². The van der Waals surface area contributed by atoms with Gasteiger partial charge in [0.1, 0.15) is 11.6 Å². The molecule has 5 heteroatoms. The number of amides is 2. The standard InChI is InChI=1S/C21H28F2N2O/c1-13(2)11-25(12-14-5-6-15-9-17(14)21(15,3)4)20(26)24-19-8-7-16(22)10-18(19)23/h5,7-8,10,13,15,17H,6,9,11-12H2,1-4H3,(H,24,26). The molecule has 2 unspecified atom stereocenters.